The quantitative estimate of drug-likeness (QED) is 0.0976. The minimum Gasteiger partial charge on any atom is -0.394 e. The standard InChI is InChI=1S/C23H43NO15/c1-9-12(27)19(18(33)21(35-9)34-6-4-2-3-5-24)38-23-20(16(31)14(29)11(8-26)37-23)39-22-17(32)15(30)13(28)10(7-25)36-22/h9-23,25-33H,2-8,24H2,1H3/t9-,10+,11+,12-,13-,14-,15-,16-,17+,18+,19+,20+,21-,22-,23+/m0/s1. The zero-order chi connectivity index (χ0) is 28.9. The Kier molecular flexibility index (Phi) is 12.7. The Hall–Kier alpha value is -0.640. The van der Waals surface area contributed by atoms with Crippen molar-refractivity contribution in [2.75, 3.05) is 26.4 Å². The molecule has 0 unspecified atom stereocenters. The van der Waals surface area contributed by atoms with Crippen LogP contribution in [0.1, 0.15) is 26.2 Å². The molecular weight excluding hydrogens is 530 g/mol. The van der Waals surface area contributed by atoms with Gasteiger partial charge in [-0.05, 0) is 32.7 Å². The second-order valence-electron chi connectivity index (χ2n) is 10.0. The van der Waals surface area contributed by atoms with Gasteiger partial charge in [-0.3, -0.25) is 0 Å². The van der Waals surface area contributed by atoms with Crippen LogP contribution in [0.5, 0.6) is 0 Å². The molecule has 3 aliphatic rings. The number of hydrogen-bond acceptors (Lipinski definition) is 16. The molecule has 0 radical (unpaired) electrons. The molecule has 0 aliphatic carbocycles. The number of ether oxygens (including phenoxy) is 6. The second kappa shape index (κ2) is 15.0. The van der Waals surface area contributed by atoms with Crippen LogP contribution in [0.15, 0.2) is 0 Å². The minimum atomic E-state index is -1.85. The third-order valence-electron chi connectivity index (χ3n) is 7.17. The van der Waals surface area contributed by atoms with Gasteiger partial charge in [0.15, 0.2) is 18.9 Å². The lowest BCUT2D eigenvalue weighted by Gasteiger charge is -2.48. The van der Waals surface area contributed by atoms with Crippen molar-refractivity contribution >= 4 is 0 Å². The van der Waals surface area contributed by atoms with E-state index in [0.717, 1.165) is 12.8 Å². The number of rotatable bonds is 12. The molecule has 39 heavy (non-hydrogen) atoms. The highest BCUT2D eigenvalue weighted by molar-refractivity contribution is 4.96. The fourth-order valence-corrected chi connectivity index (χ4v) is 4.72. The van der Waals surface area contributed by atoms with E-state index in [0.29, 0.717) is 13.0 Å². The van der Waals surface area contributed by atoms with Crippen molar-refractivity contribution in [1.29, 1.82) is 0 Å². The van der Waals surface area contributed by atoms with Crippen molar-refractivity contribution in [2.24, 2.45) is 5.73 Å². The summed E-state index contributed by atoms with van der Waals surface area (Å²) in [6.07, 6.45) is -20.8. The molecule has 0 aromatic rings. The first kappa shape index (κ1) is 32.9. The maximum Gasteiger partial charge on any atom is 0.187 e. The Morgan fingerprint density at radius 1 is 0.590 bits per heavy atom. The average Bonchev–Trinajstić information content (AvgIpc) is 2.92. The maximum absolute atomic E-state index is 10.9. The second-order valence-corrected chi connectivity index (χ2v) is 10.0. The Balaban J connectivity index is 1.77. The van der Waals surface area contributed by atoms with Crippen LogP contribution in [0.3, 0.4) is 0 Å². The Bertz CT molecular complexity index is 721. The van der Waals surface area contributed by atoms with E-state index in [2.05, 4.69) is 0 Å². The fraction of sp³-hybridized carbons (Fsp3) is 1.00. The summed E-state index contributed by atoms with van der Waals surface area (Å²) < 4.78 is 33.6. The topological polar surface area (TPSA) is 263 Å². The van der Waals surface area contributed by atoms with Gasteiger partial charge < -0.3 is 80.1 Å². The molecule has 0 amide bonds. The molecule has 0 aromatic carbocycles. The van der Waals surface area contributed by atoms with E-state index in [1.807, 2.05) is 0 Å². The van der Waals surface area contributed by atoms with Crippen molar-refractivity contribution in [3.8, 4) is 0 Å². The molecule has 0 saturated carbocycles. The van der Waals surface area contributed by atoms with Crippen LogP contribution in [0.2, 0.25) is 0 Å². The molecule has 0 spiro atoms. The van der Waals surface area contributed by atoms with Gasteiger partial charge >= 0.3 is 0 Å². The van der Waals surface area contributed by atoms with Crippen molar-refractivity contribution in [3.63, 3.8) is 0 Å². The summed E-state index contributed by atoms with van der Waals surface area (Å²) in [6, 6.07) is 0. The molecule has 3 aliphatic heterocycles. The monoisotopic (exact) mass is 573 g/mol. The number of nitrogens with two attached hydrogens (primary N) is 1. The first-order valence-electron chi connectivity index (χ1n) is 13.1. The Labute approximate surface area is 225 Å². The molecule has 16 nitrogen and oxygen atoms in total. The molecule has 3 saturated heterocycles. The van der Waals surface area contributed by atoms with Gasteiger partial charge in [-0.15, -0.1) is 0 Å². The smallest absolute Gasteiger partial charge is 0.187 e. The van der Waals surface area contributed by atoms with E-state index >= 15 is 0 Å². The van der Waals surface area contributed by atoms with Gasteiger partial charge in [-0.25, -0.2) is 0 Å². The molecule has 230 valence electrons. The number of hydrogen-bond donors (Lipinski definition) is 10. The average molecular weight is 574 g/mol. The normalized spacial score (nSPS) is 47.3. The molecule has 3 fully saturated rings. The number of aliphatic hydroxyl groups excluding tert-OH is 9. The summed E-state index contributed by atoms with van der Waals surface area (Å²) in [4.78, 5) is 0. The lowest BCUT2D eigenvalue weighted by molar-refractivity contribution is -0.388. The van der Waals surface area contributed by atoms with Gasteiger partial charge in [-0.2, -0.15) is 0 Å². The van der Waals surface area contributed by atoms with Crippen molar-refractivity contribution in [2.45, 2.75) is 118 Å². The SMILES string of the molecule is C[C@@H]1O[C@H](OCCCCCN)[C@H](O)[C@H](O[C@H]2O[C@H](CO)[C@H](O)[C@H](O)[C@H]2O[C@@H]2O[C@H](CO)[C@H](O)[C@H](O)[C@H]2O)[C@H]1O. The van der Waals surface area contributed by atoms with Gasteiger partial charge in [-0.1, -0.05) is 0 Å². The minimum absolute atomic E-state index is 0.234. The zero-order valence-electron chi connectivity index (χ0n) is 21.7. The van der Waals surface area contributed by atoms with E-state index in [4.69, 9.17) is 34.2 Å². The van der Waals surface area contributed by atoms with Crippen molar-refractivity contribution in [3.05, 3.63) is 0 Å². The summed E-state index contributed by atoms with van der Waals surface area (Å²) in [7, 11) is 0. The molecule has 15 atom stereocenters. The first-order valence-corrected chi connectivity index (χ1v) is 13.1. The van der Waals surface area contributed by atoms with Crippen LogP contribution in [0.25, 0.3) is 0 Å². The molecule has 3 rings (SSSR count). The van der Waals surface area contributed by atoms with Crippen LogP contribution in [0, 0.1) is 0 Å². The summed E-state index contributed by atoms with van der Waals surface area (Å²) in [5, 5.41) is 92.4. The third kappa shape index (κ3) is 7.61. The van der Waals surface area contributed by atoms with Crippen molar-refractivity contribution < 1.29 is 74.4 Å². The van der Waals surface area contributed by atoms with Crippen LogP contribution >= 0.6 is 0 Å². The van der Waals surface area contributed by atoms with Gasteiger partial charge in [0.05, 0.1) is 19.3 Å². The maximum atomic E-state index is 10.9. The highest BCUT2D eigenvalue weighted by Crippen LogP contribution is 2.33. The van der Waals surface area contributed by atoms with Gasteiger partial charge in [0, 0.05) is 6.61 Å². The van der Waals surface area contributed by atoms with Crippen LogP contribution < -0.4 is 5.73 Å². The predicted octanol–water partition coefficient (Wildman–Crippen LogP) is -5.39. The molecule has 0 bridgehead atoms. The van der Waals surface area contributed by atoms with Crippen LogP contribution in [0.4, 0.5) is 0 Å². The van der Waals surface area contributed by atoms with E-state index in [1.165, 1.54) is 6.92 Å². The highest BCUT2D eigenvalue weighted by atomic mass is 16.8. The van der Waals surface area contributed by atoms with Crippen LogP contribution in [-0.2, 0) is 28.4 Å². The first-order chi connectivity index (χ1) is 18.5. The summed E-state index contributed by atoms with van der Waals surface area (Å²) >= 11 is 0. The van der Waals surface area contributed by atoms with Gasteiger partial charge in [0.1, 0.15) is 67.1 Å². The van der Waals surface area contributed by atoms with Gasteiger partial charge in [0.2, 0.25) is 0 Å². The lowest BCUT2D eigenvalue weighted by Crippen LogP contribution is -2.66. The van der Waals surface area contributed by atoms with E-state index < -0.39 is 105 Å². The summed E-state index contributed by atoms with van der Waals surface area (Å²) in [5.41, 5.74) is 5.48. The Morgan fingerprint density at radius 2 is 1.18 bits per heavy atom. The van der Waals surface area contributed by atoms with E-state index in [9.17, 15) is 46.0 Å². The molecule has 3 heterocycles. The molecule has 16 heteroatoms. The predicted molar refractivity (Wildman–Crippen MR) is 126 cm³/mol. The van der Waals surface area contributed by atoms with Gasteiger partial charge in [0.25, 0.3) is 0 Å². The van der Waals surface area contributed by atoms with E-state index in [1.54, 1.807) is 0 Å². The Morgan fingerprint density at radius 3 is 1.79 bits per heavy atom. The van der Waals surface area contributed by atoms with E-state index in [-0.39, 0.29) is 6.61 Å². The summed E-state index contributed by atoms with van der Waals surface area (Å²) in [6.45, 7) is 0.809. The number of unbranched alkanes of at least 4 members (excludes halogenated alkanes) is 2. The fourth-order valence-electron chi connectivity index (χ4n) is 4.72. The molecule has 0 aromatic heterocycles. The largest absolute Gasteiger partial charge is 0.394 e. The third-order valence-corrected chi connectivity index (χ3v) is 7.17. The van der Waals surface area contributed by atoms with Crippen LogP contribution in [-0.4, -0.2) is 164 Å². The van der Waals surface area contributed by atoms with Crippen molar-refractivity contribution in [1.82, 2.24) is 0 Å². The highest BCUT2D eigenvalue weighted by Gasteiger charge is 2.53. The lowest BCUT2D eigenvalue weighted by atomic mass is 9.96. The molecule has 11 N–H and O–H groups in total. The summed E-state index contributed by atoms with van der Waals surface area (Å²) in [5.74, 6) is 0. The number of aliphatic hydroxyl groups is 9. The molecular formula is C23H43NO15. The zero-order valence-corrected chi connectivity index (χ0v) is 21.7.